The topological polar surface area (TPSA) is 75.4 Å². The standard InChI is InChI=1S/C13H17N3O3S/c17-8-9-2-1-3-15(7-9)11(18)10-6-14-13-16(12(10)19)4-5-20-13/h6,9,17H,1-5,7-8H2. The molecule has 1 unspecified atom stereocenters. The lowest BCUT2D eigenvalue weighted by Gasteiger charge is -2.31. The Labute approximate surface area is 120 Å². The first-order valence-corrected chi connectivity index (χ1v) is 7.82. The lowest BCUT2D eigenvalue weighted by molar-refractivity contribution is 0.0617. The summed E-state index contributed by atoms with van der Waals surface area (Å²) in [5.74, 6) is 0.692. The normalized spacial score (nSPS) is 21.9. The Morgan fingerprint density at radius 1 is 1.50 bits per heavy atom. The Morgan fingerprint density at radius 3 is 3.15 bits per heavy atom. The average molecular weight is 295 g/mol. The van der Waals surface area contributed by atoms with Crippen molar-refractivity contribution in [3.8, 4) is 0 Å². The molecule has 1 saturated heterocycles. The maximum atomic E-state index is 12.5. The van der Waals surface area contributed by atoms with E-state index in [4.69, 9.17) is 0 Å². The molecule has 0 spiro atoms. The third kappa shape index (κ3) is 2.35. The summed E-state index contributed by atoms with van der Waals surface area (Å²) in [6.45, 7) is 1.87. The van der Waals surface area contributed by atoms with E-state index in [2.05, 4.69) is 4.98 Å². The van der Waals surface area contributed by atoms with Gasteiger partial charge in [-0.2, -0.15) is 0 Å². The molecule has 1 fully saturated rings. The number of rotatable bonds is 2. The summed E-state index contributed by atoms with van der Waals surface area (Å²) in [5, 5.41) is 9.92. The van der Waals surface area contributed by atoms with Gasteiger partial charge in [0, 0.05) is 38.2 Å². The maximum absolute atomic E-state index is 12.5. The Balaban J connectivity index is 1.86. The molecule has 1 amide bonds. The van der Waals surface area contributed by atoms with E-state index in [0.717, 1.165) is 18.6 Å². The van der Waals surface area contributed by atoms with Crippen LogP contribution in [0.2, 0.25) is 0 Å². The van der Waals surface area contributed by atoms with E-state index in [1.165, 1.54) is 18.0 Å². The Hall–Kier alpha value is -1.34. The first kappa shape index (κ1) is 13.6. The van der Waals surface area contributed by atoms with Crippen LogP contribution in [-0.4, -0.2) is 50.9 Å². The number of hydrogen-bond acceptors (Lipinski definition) is 5. The van der Waals surface area contributed by atoms with Gasteiger partial charge in [-0.1, -0.05) is 11.8 Å². The van der Waals surface area contributed by atoms with Crippen molar-refractivity contribution >= 4 is 17.7 Å². The number of aromatic nitrogens is 2. The van der Waals surface area contributed by atoms with Crippen LogP contribution in [-0.2, 0) is 6.54 Å². The summed E-state index contributed by atoms with van der Waals surface area (Å²) < 4.78 is 1.57. The van der Waals surface area contributed by atoms with Crippen LogP contribution in [0.15, 0.2) is 16.1 Å². The van der Waals surface area contributed by atoms with Crippen molar-refractivity contribution in [1.82, 2.24) is 14.5 Å². The molecule has 1 N–H and O–H groups in total. The fraction of sp³-hybridized carbons (Fsp3) is 0.615. The van der Waals surface area contributed by atoms with Gasteiger partial charge >= 0.3 is 0 Å². The monoisotopic (exact) mass is 295 g/mol. The minimum Gasteiger partial charge on any atom is -0.396 e. The van der Waals surface area contributed by atoms with Crippen molar-refractivity contribution in [3.63, 3.8) is 0 Å². The zero-order valence-electron chi connectivity index (χ0n) is 11.1. The zero-order valence-corrected chi connectivity index (χ0v) is 11.9. The predicted octanol–water partition coefficient (Wildman–Crippen LogP) is 0.193. The molecule has 1 aromatic rings. The molecule has 3 heterocycles. The van der Waals surface area contributed by atoms with Crippen molar-refractivity contribution < 1.29 is 9.90 Å². The maximum Gasteiger partial charge on any atom is 0.267 e. The molecule has 7 heteroatoms. The highest BCUT2D eigenvalue weighted by atomic mass is 32.2. The molecule has 0 saturated carbocycles. The van der Waals surface area contributed by atoms with E-state index in [9.17, 15) is 14.7 Å². The van der Waals surface area contributed by atoms with Gasteiger partial charge in [0.05, 0.1) is 0 Å². The van der Waals surface area contributed by atoms with Gasteiger partial charge in [0.1, 0.15) is 5.56 Å². The Morgan fingerprint density at radius 2 is 2.35 bits per heavy atom. The van der Waals surface area contributed by atoms with Crippen molar-refractivity contribution in [2.45, 2.75) is 24.5 Å². The third-order valence-electron chi connectivity index (χ3n) is 3.85. The van der Waals surface area contributed by atoms with Gasteiger partial charge in [-0.3, -0.25) is 14.2 Å². The Kier molecular flexibility index (Phi) is 3.80. The molecule has 1 aromatic heterocycles. The van der Waals surface area contributed by atoms with Gasteiger partial charge in [-0.05, 0) is 18.8 Å². The number of nitrogens with zero attached hydrogens (tertiary/aromatic N) is 3. The number of aliphatic hydroxyl groups is 1. The van der Waals surface area contributed by atoms with E-state index >= 15 is 0 Å². The summed E-state index contributed by atoms with van der Waals surface area (Å²) in [6.07, 6.45) is 3.20. The molecule has 0 bridgehead atoms. The molecule has 1 atom stereocenters. The lowest BCUT2D eigenvalue weighted by atomic mass is 9.98. The lowest BCUT2D eigenvalue weighted by Crippen LogP contribution is -2.43. The highest BCUT2D eigenvalue weighted by molar-refractivity contribution is 7.99. The molecule has 108 valence electrons. The van der Waals surface area contributed by atoms with Crippen molar-refractivity contribution in [2.75, 3.05) is 25.4 Å². The minimum atomic E-state index is -0.257. The van der Waals surface area contributed by atoms with Crippen LogP contribution in [0.5, 0.6) is 0 Å². The number of aliphatic hydroxyl groups excluding tert-OH is 1. The second-order valence-electron chi connectivity index (χ2n) is 5.20. The van der Waals surface area contributed by atoms with Crippen LogP contribution < -0.4 is 5.56 Å². The highest BCUT2D eigenvalue weighted by Gasteiger charge is 2.27. The molecule has 2 aliphatic heterocycles. The number of piperidine rings is 1. The van der Waals surface area contributed by atoms with Gasteiger partial charge in [0.2, 0.25) is 0 Å². The van der Waals surface area contributed by atoms with E-state index in [1.807, 2.05) is 0 Å². The first-order chi connectivity index (χ1) is 9.70. The number of amides is 1. The fourth-order valence-corrected chi connectivity index (χ4v) is 3.65. The quantitative estimate of drug-likeness (QED) is 0.789. The van der Waals surface area contributed by atoms with Gasteiger partial charge in [-0.15, -0.1) is 0 Å². The fourth-order valence-electron chi connectivity index (χ4n) is 2.73. The second kappa shape index (κ2) is 5.57. The number of carbonyl (C=O) groups excluding carboxylic acids is 1. The molecular formula is C13H17N3O3S. The van der Waals surface area contributed by atoms with Crippen LogP contribution in [0, 0.1) is 5.92 Å². The number of fused-ring (bicyclic) bond motifs is 1. The van der Waals surface area contributed by atoms with Crippen molar-refractivity contribution in [1.29, 1.82) is 0 Å². The smallest absolute Gasteiger partial charge is 0.267 e. The van der Waals surface area contributed by atoms with E-state index in [0.29, 0.717) is 24.8 Å². The number of likely N-dealkylation sites (tertiary alicyclic amines) is 1. The summed E-state index contributed by atoms with van der Waals surface area (Å²) in [7, 11) is 0. The average Bonchev–Trinajstić information content (AvgIpc) is 2.96. The van der Waals surface area contributed by atoms with E-state index < -0.39 is 0 Å². The van der Waals surface area contributed by atoms with Gasteiger partial charge < -0.3 is 10.0 Å². The molecule has 0 aromatic carbocycles. The van der Waals surface area contributed by atoms with Crippen molar-refractivity contribution in [3.05, 3.63) is 22.1 Å². The molecule has 6 nitrogen and oxygen atoms in total. The molecule has 3 rings (SSSR count). The minimum absolute atomic E-state index is 0.0852. The molecular weight excluding hydrogens is 278 g/mol. The predicted molar refractivity (Wildman–Crippen MR) is 74.9 cm³/mol. The SMILES string of the molecule is O=C(c1cnc2n(c1=O)CCS2)N1CCCC(CO)C1. The largest absolute Gasteiger partial charge is 0.396 e. The van der Waals surface area contributed by atoms with Gasteiger partial charge in [-0.25, -0.2) is 4.98 Å². The van der Waals surface area contributed by atoms with E-state index in [-0.39, 0.29) is 29.6 Å². The zero-order chi connectivity index (χ0) is 14.1. The summed E-state index contributed by atoms with van der Waals surface area (Å²) in [4.78, 5) is 30.6. The molecule has 2 aliphatic rings. The van der Waals surface area contributed by atoms with Crippen LogP contribution in [0.3, 0.4) is 0 Å². The van der Waals surface area contributed by atoms with Gasteiger partial charge in [0.25, 0.3) is 11.5 Å². The number of hydrogen-bond donors (Lipinski definition) is 1. The first-order valence-electron chi connectivity index (χ1n) is 6.83. The Bertz CT molecular complexity index is 587. The number of thioether (sulfide) groups is 1. The van der Waals surface area contributed by atoms with Gasteiger partial charge in [0.15, 0.2) is 5.16 Å². The number of carbonyl (C=O) groups is 1. The van der Waals surface area contributed by atoms with Crippen molar-refractivity contribution in [2.24, 2.45) is 5.92 Å². The molecule has 0 radical (unpaired) electrons. The molecule has 20 heavy (non-hydrogen) atoms. The van der Waals surface area contributed by atoms with E-state index in [1.54, 1.807) is 9.47 Å². The molecule has 0 aliphatic carbocycles. The second-order valence-corrected chi connectivity index (χ2v) is 6.26. The summed E-state index contributed by atoms with van der Waals surface area (Å²) in [5.41, 5.74) is -0.0917. The van der Waals surface area contributed by atoms with Crippen LogP contribution in [0.25, 0.3) is 0 Å². The van der Waals surface area contributed by atoms with Crippen LogP contribution in [0.1, 0.15) is 23.2 Å². The van der Waals surface area contributed by atoms with Crippen LogP contribution in [0.4, 0.5) is 0 Å². The summed E-state index contributed by atoms with van der Waals surface area (Å²) >= 11 is 1.54. The third-order valence-corrected chi connectivity index (χ3v) is 4.82. The summed E-state index contributed by atoms with van der Waals surface area (Å²) in [6, 6.07) is 0. The highest BCUT2D eigenvalue weighted by Crippen LogP contribution is 2.21. The van der Waals surface area contributed by atoms with Crippen LogP contribution >= 0.6 is 11.8 Å².